The van der Waals surface area contributed by atoms with E-state index in [2.05, 4.69) is 16.0 Å². The Labute approximate surface area is 113 Å². The molecule has 0 heterocycles. The van der Waals surface area contributed by atoms with E-state index in [4.69, 9.17) is 21.2 Å². The summed E-state index contributed by atoms with van der Waals surface area (Å²) in [6.07, 6.45) is 0. The molecule has 1 aromatic carbocycles. The molecule has 1 N–H and O–H groups in total. The SMILES string of the molecule is N#CC(C#N)=C(c1ccccc1)C(C#N)C(=N)[Se]. The zero-order valence-electron chi connectivity index (χ0n) is 9.21. The van der Waals surface area contributed by atoms with Crippen LogP contribution in [0.25, 0.3) is 5.57 Å². The van der Waals surface area contributed by atoms with Gasteiger partial charge >= 0.3 is 113 Å². The predicted octanol–water partition coefficient (Wildman–Crippen LogP) is 1.77. The summed E-state index contributed by atoms with van der Waals surface area (Å²) in [5.74, 6) is -0.929. The Balaban J connectivity index is 3.55. The first-order valence-corrected chi connectivity index (χ1v) is 5.76. The van der Waals surface area contributed by atoms with Gasteiger partial charge < -0.3 is 0 Å². The van der Waals surface area contributed by atoms with E-state index in [9.17, 15) is 0 Å². The van der Waals surface area contributed by atoms with Crippen LogP contribution in [-0.4, -0.2) is 20.6 Å². The van der Waals surface area contributed by atoms with Gasteiger partial charge in [-0.2, -0.15) is 0 Å². The quantitative estimate of drug-likeness (QED) is 0.523. The average Bonchev–Trinajstić information content (AvgIpc) is 2.39. The van der Waals surface area contributed by atoms with Crippen LogP contribution in [0.1, 0.15) is 5.56 Å². The van der Waals surface area contributed by atoms with Gasteiger partial charge in [0.2, 0.25) is 0 Å². The molecule has 18 heavy (non-hydrogen) atoms. The average molecular weight is 298 g/mol. The molecule has 4 nitrogen and oxygen atoms in total. The summed E-state index contributed by atoms with van der Waals surface area (Å²) in [7, 11) is 0. The Morgan fingerprint density at radius 3 is 2.06 bits per heavy atom. The Kier molecular flexibility index (Phi) is 4.85. The molecule has 0 fully saturated rings. The van der Waals surface area contributed by atoms with Gasteiger partial charge in [-0.05, 0) is 0 Å². The minimum atomic E-state index is -0.929. The van der Waals surface area contributed by atoms with Gasteiger partial charge in [0.1, 0.15) is 0 Å². The molecular weight excluding hydrogens is 291 g/mol. The van der Waals surface area contributed by atoms with Crippen LogP contribution < -0.4 is 0 Å². The van der Waals surface area contributed by atoms with E-state index >= 15 is 0 Å². The van der Waals surface area contributed by atoms with E-state index < -0.39 is 5.92 Å². The van der Waals surface area contributed by atoms with Gasteiger partial charge in [0.15, 0.2) is 0 Å². The summed E-state index contributed by atoms with van der Waals surface area (Å²) < 4.78 is -0.0145. The monoisotopic (exact) mass is 299 g/mol. The molecule has 1 unspecified atom stereocenters. The van der Waals surface area contributed by atoms with Crippen molar-refractivity contribution >= 4 is 26.2 Å². The molecule has 0 bridgehead atoms. The zero-order chi connectivity index (χ0) is 13.5. The Morgan fingerprint density at radius 1 is 1.11 bits per heavy atom. The fourth-order valence-electron chi connectivity index (χ4n) is 1.47. The molecule has 0 spiro atoms. The summed E-state index contributed by atoms with van der Waals surface area (Å²) in [4.78, 5) is 0. The van der Waals surface area contributed by atoms with Gasteiger partial charge in [-0.3, -0.25) is 0 Å². The number of nitrogens with one attached hydrogen (secondary N) is 1. The van der Waals surface area contributed by atoms with E-state index in [1.165, 1.54) is 0 Å². The van der Waals surface area contributed by atoms with Crippen LogP contribution in [0.3, 0.4) is 0 Å². The van der Waals surface area contributed by atoms with Crippen LogP contribution in [0.15, 0.2) is 35.9 Å². The molecule has 0 aliphatic rings. The molecule has 0 aliphatic carbocycles. The molecule has 0 saturated heterocycles. The van der Waals surface area contributed by atoms with Crippen LogP contribution in [0.5, 0.6) is 0 Å². The van der Waals surface area contributed by atoms with Gasteiger partial charge in [-0.15, -0.1) is 0 Å². The fraction of sp³-hybridized carbons (Fsp3) is 0.0769. The molecule has 0 saturated carbocycles. The van der Waals surface area contributed by atoms with Gasteiger partial charge in [0.25, 0.3) is 0 Å². The third-order valence-corrected chi connectivity index (χ3v) is 2.75. The van der Waals surface area contributed by atoms with Crippen molar-refractivity contribution in [1.29, 1.82) is 21.2 Å². The standard InChI is InChI=1S/C13H7N4Se/c14-6-10(7-15)12(11(8-16)13(17)18)9-4-2-1-3-5-9/h1-5,11,17H. The van der Waals surface area contributed by atoms with Crippen molar-refractivity contribution in [3.05, 3.63) is 41.5 Å². The van der Waals surface area contributed by atoms with Crippen LogP contribution in [-0.2, 0) is 0 Å². The molecule has 5 heteroatoms. The second-order valence-electron chi connectivity index (χ2n) is 3.30. The second-order valence-corrected chi connectivity index (χ2v) is 4.23. The molecule has 1 rings (SSSR count). The number of benzene rings is 1. The zero-order valence-corrected chi connectivity index (χ0v) is 10.9. The molecule has 0 aromatic heterocycles. The van der Waals surface area contributed by atoms with Crippen molar-refractivity contribution in [1.82, 2.24) is 0 Å². The van der Waals surface area contributed by atoms with Gasteiger partial charge in [0, 0.05) is 0 Å². The van der Waals surface area contributed by atoms with Gasteiger partial charge in [-0.25, -0.2) is 0 Å². The summed E-state index contributed by atoms with van der Waals surface area (Å²) in [6.45, 7) is 0. The van der Waals surface area contributed by atoms with Crippen molar-refractivity contribution in [2.75, 3.05) is 0 Å². The molecular formula is C13H7N4Se. The number of allylic oxidation sites excluding steroid dienone is 2. The van der Waals surface area contributed by atoms with Crippen LogP contribution >= 0.6 is 0 Å². The molecule has 85 valence electrons. The maximum atomic E-state index is 9.10. The summed E-state index contributed by atoms with van der Waals surface area (Å²) in [5.41, 5.74) is 0.724. The number of hydrogen-bond acceptors (Lipinski definition) is 4. The number of hydrogen-bond donors (Lipinski definition) is 1. The predicted molar refractivity (Wildman–Crippen MR) is 67.2 cm³/mol. The Bertz CT molecular complexity index is 595. The summed E-state index contributed by atoms with van der Waals surface area (Å²) >= 11 is 2.45. The van der Waals surface area contributed by atoms with Gasteiger partial charge in [-0.1, -0.05) is 0 Å². The molecule has 1 radical (unpaired) electrons. The Morgan fingerprint density at radius 2 is 1.67 bits per heavy atom. The Hall–Kier alpha value is -2.38. The van der Waals surface area contributed by atoms with Crippen LogP contribution in [0, 0.1) is 45.3 Å². The minimum absolute atomic E-state index is 0.0145. The molecule has 1 aromatic rings. The topological polar surface area (TPSA) is 95.2 Å². The van der Waals surface area contributed by atoms with Crippen LogP contribution in [0.4, 0.5) is 0 Å². The van der Waals surface area contributed by atoms with Crippen molar-refractivity contribution in [2.45, 2.75) is 0 Å². The van der Waals surface area contributed by atoms with Gasteiger partial charge in [0.05, 0.1) is 0 Å². The first-order valence-electron chi connectivity index (χ1n) is 4.90. The van der Waals surface area contributed by atoms with Crippen molar-refractivity contribution < 1.29 is 0 Å². The third-order valence-electron chi connectivity index (χ3n) is 2.26. The molecule has 0 aliphatic heterocycles. The van der Waals surface area contributed by atoms with E-state index in [0.29, 0.717) is 5.56 Å². The van der Waals surface area contributed by atoms with Crippen molar-refractivity contribution in [2.24, 2.45) is 5.92 Å². The van der Waals surface area contributed by atoms with Crippen LogP contribution in [0.2, 0.25) is 0 Å². The first kappa shape index (κ1) is 13.7. The summed E-state index contributed by atoms with van der Waals surface area (Å²) in [6, 6.07) is 14.2. The number of rotatable bonds is 3. The molecule has 1 atom stereocenters. The second kappa shape index (κ2) is 6.38. The van der Waals surface area contributed by atoms with E-state index in [0.717, 1.165) is 0 Å². The van der Waals surface area contributed by atoms with E-state index in [-0.39, 0.29) is 15.8 Å². The fourth-order valence-corrected chi connectivity index (χ4v) is 1.83. The van der Waals surface area contributed by atoms with E-state index in [1.54, 1.807) is 42.5 Å². The first-order chi connectivity index (χ1) is 8.65. The number of nitrogens with zero attached hydrogens (tertiary/aromatic N) is 3. The maximum absolute atomic E-state index is 9.10. The third kappa shape index (κ3) is 2.84. The van der Waals surface area contributed by atoms with E-state index in [1.807, 2.05) is 6.07 Å². The normalized spacial score (nSPS) is 10.3. The summed E-state index contributed by atoms with van der Waals surface area (Å²) in [5, 5.41) is 34.6. The molecule has 0 amide bonds. The van der Waals surface area contributed by atoms with Crippen molar-refractivity contribution in [3.63, 3.8) is 0 Å². The number of nitriles is 3. The van der Waals surface area contributed by atoms with Crippen molar-refractivity contribution in [3.8, 4) is 18.2 Å².